The highest BCUT2D eigenvalue weighted by atomic mass is 16.5. The molecule has 5 nitrogen and oxygen atoms in total. The Morgan fingerprint density at radius 1 is 0.947 bits per heavy atom. The second-order valence-electron chi connectivity index (χ2n) is 3.99. The van der Waals surface area contributed by atoms with E-state index in [1.165, 1.54) is 18.2 Å². The van der Waals surface area contributed by atoms with Crippen LogP contribution < -0.4 is 0 Å². The van der Waals surface area contributed by atoms with Crippen LogP contribution in [0.3, 0.4) is 0 Å². The standard InChI is InChI=1S/C14H10N2O3/c17-10-6-7-12(18)11(8-10)14-15-13(16-19-14)9-4-2-1-3-5-9/h1-8,17-18H. The largest absolute Gasteiger partial charge is 0.508 e. The van der Waals surface area contributed by atoms with E-state index in [0.717, 1.165) is 5.56 Å². The number of benzene rings is 2. The van der Waals surface area contributed by atoms with E-state index in [9.17, 15) is 10.2 Å². The SMILES string of the molecule is Oc1ccc(O)c(-c2nc(-c3ccccc3)no2)c1. The Morgan fingerprint density at radius 3 is 2.53 bits per heavy atom. The molecule has 0 aliphatic rings. The predicted octanol–water partition coefficient (Wildman–Crippen LogP) is 2.81. The van der Waals surface area contributed by atoms with E-state index in [1.807, 2.05) is 30.3 Å². The lowest BCUT2D eigenvalue weighted by molar-refractivity contribution is 0.423. The fourth-order valence-corrected chi connectivity index (χ4v) is 1.73. The van der Waals surface area contributed by atoms with Gasteiger partial charge in [0.15, 0.2) is 0 Å². The molecule has 0 fully saturated rings. The molecular weight excluding hydrogens is 244 g/mol. The zero-order valence-corrected chi connectivity index (χ0v) is 9.82. The molecule has 1 heterocycles. The molecule has 0 aliphatic heterocycles. The number of phenols is 2. The zero-order chi connectivity index (χ0) is 13.2. The van der Waals surface area contributed by atoms with E-state index in [0.29, 0.717) is 11.4 Å². The van der Waals surface area contributed by atoms with Crippen LogP contribution in [0, 0.1) is 0 Å². The Kier molecular flexibility index (Phi) is 2.64. The third-order valence-corrected chi connectivity index (χ3v) is 2.67. The summed E-state index contributed by atoms with van der Waals surface area (Å²) < 4.78 is 5.11. The minimum Gasteiger partial charge on any atom is -0.508 e. The summed E-state index contributed by atoms with van der Waals surface area (Å²) in [5.41, 5.74) is 1.12. The van der Waals surface area contributed by atoms with Crippen LogP contribution in [0.4, 0.5) is 0 Å². The van der Waals surface area contributed by atoms with Crippen LogP contribution in [-0.4, -0.2) is 20.4 Å². The second-order valence-corrected chi connectivity index (χ2v) is 3.99. The number of nitrogens with zero attached hydrogens (tertiary/aromatic N) is 2. The summed E-state index contributed by atoms with van der Waals surface area (Å²) in [6.07, 6.45) is 0. The molecule has 3 aromatic rings. The van der Waals surface area contributed by atoms with Gasteiger partial charge in [-0.15, -0.1) is 0 Å². The van der Waals surface area contributed by atoms with Crippen molar-refractivity contribution in [3.63, 3.8) is 0 Å². The van der Waals surface area contributed by atoms with Gasteiger partial charge in [-0.1, -0.05) is 35.5 Å². The van der Waals surface area contributed by atoms with E-state index in [4.69, 9.17) is 4.52 Å². The van der Waals surface area contributed by atoms with Crippen LogP contribution in [0.2, 0.25) is 0 Å². The van der Waals surface area contributed by atoms with E-state index >= 15 is 0 Å². The summed E-state index contributed by atoms with van der Waals surface area (Å²) in [6.45, 7) is 0. The molecule has 0 unspecified atom stereocenters. The highest BCUT2D eigenvalue weighted by molar-refractivity contribution is 5.66. The smallest absolute Gasteiger partial charge is 0.262 e. The van der Waals surface area contributed by atoms with Crippen molar-refractivity contribution in [1.82, 2.24) is 10.1 Å². The van der Waals surface area contributed by atoms with Crippen LogP contribution in [0.25, 0.3) is 22.8 Å². The number of hydrogen-bond donors (Lipinski definition) is 2. The van der Waals surface area contributed by atoms with Crippen molar-refractivity contribution in [2.75, 3.05) is 0 Å². The van der Waals surface area contributed by atoms with Crippen LogP contribution in [-0.2, 0) is 0 Å². The van der Waals surface area contributed by atoms with Crippen molar-refractivity contribution in [1.29, 1.82) is 0 Å². The summed E-state index contributed by atoms with van der Waals surface area (Å²) in [7, 11) is 0. The minimum atomic E-state index is -0.0268. The maximum atomic E-state index is 9.73. The maximum absolute atomic E-state index is 9.73. The lowest BCUT2D eigenvalue weighted by Gasteiger charge is -1.99. The molecule has 0 radical (unpaired) electrons. The van der Waals surface area contributed by atoms with Gasteiger partial charge in [-0.25, -0.2) is 0 Å². The van der Waals surface area contributed by atoms with Gasteiger partial charge >= 0.3 is 0 Å². The van der Waals surface area contributed by atoms with Gasteiger partial charge in [-0.2, -0.15) is 4.98 Å². The Balaban J connectivity index is 2.04. The van der Waals surface area contributed by atoms with Crippen molar-refractivity contribution in [2.24, 2.45) is 0 Å². The van der Waals surface area contributed by atoms with Gasteiger partial charge < -0.3 is 14.7 Å². The maximum Gasteiger partial charge on any atom is 0.262 e. The van der Waals surface area contributed by atoms with Gasteiger partial charge in [0.05, 0.1) is 5.56 Å². The topological polar surface area (TPSA) is 79.4 Å². The van der Waals surface area contributed by atoms with Crippen molar-refractivity contribution in [2.45, 2.75) is 0 Å². The molecule has 19 heavy (non-hydrogen) atoms. The summed E-state index contributed by atoms with van der Waals surface area (Å²) in [5.74, 6) is 0.582. The molecule has 0 spiro atoms. The Bertz CT molecular complexity index is 708. The molecule has 0 atom stereocenters. The average molecular weight is 254 g/mol. The zero-order valence-electron chi connectivity index (χ0n) is 9.82. The summed E-state index contributed by atoms with van der Waals surface area (Å²) in [5, 5.41) is 23.0. The predicted molar refractivity (Wildman–Crippen MR) is 68.5 cm³/mol. The first-order valence-electron chi connectivity index (χ1n) is 5.65. The van der Waals surface area contributed by atoms with Gasteiger partial charge in [0, 0.05) is 5.56 Å². The van der Waals surface area contributed by atoms with Crippen LogP contribution >= 0.6 is 0 Å². The Labute approximate surface area is 108 Å². The Morgan fingerprint density at radius 2 is 1.74 bits per heavy atom. The van der Waals surface area contributed by atoms with Gasteiger partial charge in [0.2, 0.25) is 5.82 Å². The molecule has 3 rings (SSSR count). The Hall–Kier alpha value is -2.82. The van der Waals surface area contributed by atoms with Gasteiger partial charge in [0.25, 0.3) is 5.89 Å². The second kappa shape index (κ2) is 4.45. The molecule has 0 saturated carbocycles. The monoisotopic (exact) mass is 254 g/mol. The van der Waals surface area contributed by atoms with E-state index in [2.05, 4.69) is 10.1 Å². The molecule has 1 aromatic heterocycles. The van der Waals surface area contributed by atoms with E-state index in [1.54, 1.807) is 0 Å². The molecule has 2 aromatic carbocycles. The number of rotatable bonds is 2. The van der Waals surface area contributed by atoms with Crippen molar-refractivity contribution >= 4 is 0 Å². The normalized spacial score (nSPS) is 10.5. The summed E-state index contributed by atoms with van der Waals surface area (Å²) in [6, 6.07) is 13.5. The highest BCUT2D eigenvalue weighted by Crippen LogP contribution is 2.32. The van der Waals surface area contributed by atoms with Gasteiger partial charge in [0.1, 0.15) is 11.5 Å². The number of aromatic hydroxyl groups is 2. The van der Waals surface area contributed by atoms with Crippen LogP contribution in [0.15, 0.2) is 53.1 Å². The number of hydrogen-bond acceptors (Lipinski definition) is 5. The average Bonchev–Trinajstić information content (AvgIpc) is 2.92. The molecule has 0 aliphatic carbocycles. The lowest BCUT2D eigenvalue weighted by atomic mass is 10.2. The number of aromatic nitrogens is 2. The summed E-state index contributed by atoms with van der Waals surface area (Å²) in [4.78, 5) is 4.20. The molecule has 0 amide bonds. The van der Waals surface area contributed by atoms with Crippen molar-refractivity contribution in [3.05, 3.63) is 48.5 Å². The molecular formula is C14H10N2O3. The quantitative estimate of drug-likeness (QED) is 0.687. The van der Waals surface area contributed by atoms with Crippen LogP contribution in [0.5, 0.6) is 11.5 Å². The van der Waals surface area contributed by atoms with Crippen LogP contribution in [0.1, 0.15) is 0 Å². The van der Waals surface area contributed by atoms with Crippen molar-refractivity contribution < 1.29 is 14.7 Å². The van der Waals surface area contributed by atoms with E-state index < -0.39 is 0 Å². The summed E-state index contributed by atoms with van der Waals surface area (Å²) >= 11 is 0. The third kappa shape index (κ3) is 2.13. The van der Waals surface area contributed by atoms with Crippen molar-refractivity contribution in [3.8, 4) is 34.3 Å². The first-order chi connectivity index (χ1) is 9.24. The third-order valence-electron chi connectivity index (χ3n) is 2.67. The van der Waals surface area contributed by atoms with E-state index in [-0.39, 0.29) is 17.4 Å². The van der Waals surface area contributed by atoms with Gasteiger partial charge in [-0.3, -0.25) is 0 Å². The first kappa shape index (κ1) is 11.3. The highest BCUT2D eigenvalue weighted by Gasteiger charge is 2.14. The molecule has 2 N–H and O–H groups in total. The lowest BCUT2D eigenvalue weighted by Crippen LogP contribution is -1.81. The fraction of sp³-hybridized carbons (Fsp3) is 0. The molecule has 0 bridgehead atoms. The fourth-order valence-electron chi connectivity index (χ4n) is 1.73. The van der Waals surface area contributed by atoms with Gasteiger partial charge in [-0.05, 0) is 18.2 Å². The molecule has 5 heteroatoms. The number of phenolic OH excluding ortho intramolecular Hbond substituents is 2. The molecule has 94 valence electrons. The molecule has 0 saturated heterocycles. The first-order valence-corrected chi connectivity index (χ1v) is 5.65. The minimum absolute atomic E-state index is 0.0206.